The van der Waals surface area contributed by atoms with Crippen LogP contribution in [0.15, 0.2) is 30.5 Å². The van der Waals surface area contributed by atoms with Crippen molar-refractivity contribution in [3.8, 4) is 11.3 Å². The predicted octanol–water partition coefficient (Wildman–Crippen LogP) is 4.35. The van der Waals surface area contributed by atoms with Crippen LogP contribution in [0.2, 0.25) is 5.02 Å². The van der Waals surface area contributed by atoms with Crippen LogP contribution in [0.5, 0.6) is 0 Å². The van der Waals surface area contributed by atoms with E-state index in [9.17, 15) is 4.79 Å². The van der Waals surface area contributed by atoms with Crippen molar-refractivity contribution < 1.29 is 9.53 Å². The summed E-state index contributed by atoms with van der Waals surface area (Å²) in [5.74, 6) is 1.79. The second-order valence-corrected chi connectivity index (χ2v) is 9.75. The summed E-state index contributed by atoms with van der Waals surface area (Å²) in [6.45, 7) is 7.60. The maximum atomic E-state index is 12.6. The van der Waals surface area contributed by atoms with Gasteiger partial charge in [-0.05, 0) is 70.2 Å². The third-order valence-corrected chi connectivity index (χ3v) is 6.47. The van der Waals surface area contributed by atoms with Crippen molar-refractivity contribution in [1.82, 2.24) is 15.3 Å². The summed E-state index contributed by atoms with van der Waals surface area (Å²) in [6.07, 6.45) is 5.53. The molecule has 7 nitrogen and oxygen atoms in total. The Hall–Kier alpha value is -2.22. The Bertz CT molecular complexity index is 946. The van der Waals surface area contributed by atoms with Gasteiger partial charge in [-0.15, -0.1) is 0 Å². The summed E-state index contributed by atoms with van der Waals surface area (Å²) in [4.78, 5) is 21.6. The Morgan fingerprint density at radius 1 is 1.31 bits per heavy atom. The van der Waals surface area contributed by atoms with Gasteiger partial charge in [0.25, 0.3) is 0 Å². The molecule has 2 aromatic heterocycles. The van der Waals surface area contributed by atoms with Crippen molar-refractivity contribution in [3.05, 3.63) is 35.5 Å². The van der Waals surface area contributed by atoms with Gasteiger partial charge >= 0.3 is 0 Å². The van der Waals surface area contributed by atoms with Crippen LogP contribution in [0, 0.1) is 11.8 Å². The largest absolute Gasteiger partial charge is 0.376 e. The summed E-state index contributed by atoms with van der Waals surface area (Å²) < 4.78 is 5.82. The van der Waals surface area contributed by atoms with Crippen LogP contribution in [0.1, 0.15) is 39.5 Å². The normalized spacial score (nSPS) is 22.8. The average molecular weight is 458 g/mol. The van der Waals surface area contributed by atoms with Gasteiger partial charge in [0, 0.05) is 31.5 Å². The van der Waals surface area contributed by atoms with Gasteiger partial charge in [0.1, 0.15) is 11.6 Å². The molecule has 1 amide bonds. The fraction of sp³-hybridized carbons (Fsp3) is 0.542. The molecule has 8 heteroatoms. The fourth-order valence-electron chi connectivity index (χ4n) is 4.47. The Kier molecular flexibility index (Phi) is 7.28. The third-order valence-electron chi connectivity index (χ3n) is 6.17. The molecule has 0 bridgehead atoms. The van der Waals surface area contributed by atoms with Crippen LogP contribution in [-0.4, -0.2) is 47.7 Å². The number of amides is 1. The zero-order chi connectivity index (χ0) is 22.6. The van der Waals surface area contributed by atoms with Gasteiger partial charge < -0.3 is 20.7 Å². The maximum absolute atomic E-state index is 12.6. The number of halogens is 1. The summed E-state index contributed by atoms with van der Waals surface area (Å²) in [5, 5.41) is 10.2. The molecule has 0 radical (unpaired) electrons. The van der Waals surface area contributed by atoms with Crippen molar-refractivity contribution >= 4 is 29.1 Å². The highest BCUT2D eigenvalue weighted by atomic mass is 35.5. The topological polar surface area (TPSA) is 88.2 Å². The first-order valence-corrected chi connectivity index (χ1v) is 11.8. The number of hydrogen-bond acceptors (Lipinski definition) is 6. The Morgan fingerprint density at radius 2 is 2.19 bits per heavy atom. The van der Waals surface area contributed by atoms with Crippen molar-refractivity contribution in [1.29, 1.82) is 0 Å². The van der Waals surface area contributed by atoms with E-state index in [2.05, 4.69) is 34.8 Å². The molecule has 2 saturated heterocycles. The molecule has 2 atom stereocenters. The van der Waals surface area contributed by atoms with Gasteiger partial charge in [-0.3, -0.25) is 4.79 Å². The Balaban J connectivity index is 1.43. The Labute approximate surface area is 194 Å². The number of rotatable bonds is 6. The minimum atomic E-state index is -0.0705. The van der Waals surface area contributed by atoms with E-state index in [-0.39, 0.29) is 17.4 Å². The molecule has 0 spiro atoms. The lowest BCUT2D eigenvalue weighted by Gasteiger charge is -2.35. The molecule has 1 unspecified atom stereocenters. The minimum Gasteiger partial charge on any atom is -0.376 e. The minimum absolute atomic E-state index is 0.0132. The van der Waals surface area contributed by atoms with Gasteiger partial charge in [0.05, 0.1) is 22.2 Å². The molecule has 0 saturated carbocycles. The molecule has 3 N–H and O–H groups in total. The summed E-state index contributed by atoms with van der Waals surface area (Å²) in [7, 11) is 0. The highest BCUT2D eigenvalue weighted by Crippen LogP contribution is 2.30. The molecule has 0 aromatic carbocycles. The van der Waals surface area contributed by atoms with E-state index in [1.807, 2.05) is 18.2 Å². The lowest BCUT2D eigenvalue weighted by molar-refractivity contribution is -0.120. The number of nitrogens with one attached hydrogen (secondary N) is 3. The Morgan fingerprint density at radius 3 is 2.97 bits per heavy atom. The van der Waals surface area contributed by atoms with Crippen molar-refractivity contribution in [3.63, 3.8) is 0 Å². The molecule has 2 fully saturated rings. The van der Waals surface area contributed by atoms with Crippen molar-refractivity contribution in [2.45, 2.75) is 45.1 Å². The van der Waals surface area contributed by atoms with E-state index in [0.717, 1.165) is 62.5 Å². The summed E-state index contributed by atoms with van der Waals surface area (Å²) >= 11 is 6.44. The second-order valence-electron chi connectivity index (χ2n) is 9.34. The van der Waals surface area contributed by atoms with E-state index < -0.39 is 0 Å². The van der Waals surface area contributed by atoms with E-state index in [4.69, 9.17) is 21.3 Å². The molecule has 4 heterocycles. The zero-order valence-electron chi connectivity index (χ0n) is 18.8. The number of piperidine rings is 1. The van der Waals surface area contributed by atoms with Crippen LogP contribution >= 0.6 is 11.6 Å². The number of nitrogens with zero attached hydrogens (tertiary/aromatic N) is 2. The molecule has 32 heavy (non-hydrogen) atoms. The summed E-state index contributed by atoms with van der Waals surface area (Å²) in [5.41, 5.74) is 1.41. The lowest BCUT2D eigenvalue weighted by Crippen LogP contribution is -2.37. The molecular weight excluding hydrogens is 426 g/mol. The van der Waals surface area contributed by atoms with Crippen LogP contribution < -0.4 is 16.0 Å². The molecular formula is C24H32ClN5O2. The number of carbonyl (C=O) groups excluding carboxylic acids is 1. The average Bonchev–Trinajstić information content (AvgIpc) is 2.79. The van der Waals surface area contributed by atoms with Crippen LogP contribution in [0.25, 0.3) is 11.3 Å². The molecule has 0 aliphatic carbocycles. The first-order chi connectivity index (χ1) is 15.4. The molecule has 172 valence electrons. The van der Waals surface area contributed by atoms with Gasteiger partial charge in [-0.2, -0.15) is 0 Å². The fourth-order valence-corrected chi connectivity index (χ4v) is 4.67. The monoisotopic (exact) mass is 457 g/mol. The van der Waals surface area contributed by atoms with Crippen LogP contribution in [0.3, 0.4) is 0 Å². The predicted molar refractivity (Wildman–Crippen MR) is 128 cm³/mol. The number of aromatic nitrogens is 2. The smallest absolute Gasteiger partial charge is 0.229 e. The van der Waals surface area contributed by atoms with E-state index in [0.29, 0.717) is 23.3 Å². The van der Waals surface area contributed by atoms with E-state index in [1.165, 1.54) is 0 Å². The molecule has 2 aliphatic heterocycles. The maximum Gasteiger partial charge on any atom is 0.229 e. The highest BCUT2D eigenvalue weighted by molar-refractivity contribution is 6.33. The van der Waals surface area contributed by atoms with Gasteiger partial charge in [0.2, 0.25) is 5.91 Å². The first kappa shape index (κ1) is 23.0. The zero-order valence-corrected chi connectivity index (χ0v) is 19.5. The number of hydrogen-bond donors (Lipinski definition) is 3. The standard InChI is InChI=1S/C24H32ClN5O2/c1-24(2)12-16(8-10-32-24)13-27-21-7-3-6-20(29-21)18-11-22(28-15-19(18)25)30-23(31)17-5-4-9-26-14-17/h3,6-7,11,15-17,26H,4-5,8-10,12-14H2,1-2H3,(H,27,29)(H,28,30,31)/t16?,17-/m1/s1. The highest BCUT2D eigenvalue weighted by Gasteiger charge is 2.28. The second kappa shape index (κ2) is 10.1. The molecule has 4 rings (SSSR count). The number of anilines is 2. The van der Waals surface area contributed by atoms with Gasteiger partial charge in [-0.1, -0.05) is 17.7 Å². The number of ether oxygens (including phenoxy) is 1. The first-order valence-electron chi connectivity index (χ1n) is 11.4. The molecule has 2 aromatic rings. The quantitative estimate of drug-likeness (QED) is 0.597. The lowest BCUT2D eigenvalue weighted by atomic mass is 9.88. The van der Waals surface area contributed by atoms with Crippen molar-refractivity contribution in [2.24, 2.45) is 11.8 Å². The number of carbonyl (C=O) groups is 1. The van der Waals surface area contributed by atoms with Crippen LogP contribution in [0.4, 0.5) is 11.6 Å². The van der Waals surface area contributed by atoms with Gasteiger partial charge in [0.15, 0.2) is 0 Å². The third kappa shape index (κ3) is 5.97. The van der Waals surface area contributed by atoms with E-state index >= 15 is 0 Å². The van der Waals surface area contributed by atoms with Crippen molar-refractivity contribution in [2.75, 3.05) is 36.9 Å². The van der Waals surface area contributed by atoms with Gasteiger partial charge in [-0.25, -0.2) is 9.97 Å². The SMILES string of the molecule is CC1(C)CC(CNc2cccc(-c3cc(NC(=O)[C@@H]4CCCNC4)ncc3Cl)n2)CCO1. The number of pyridine rings is 2. The van der Waals surface area contributed by atoms with E-state index in [1.54, 1.807) is 12.3 Å². The molecule has 2 aliphatic rings. The van der Waals surface area contributed by atoms with Crippen LogP contribution in [-0.2, 0) is 9.53 Å². The summed E-state index contributed by atoms with van der Waals surface area (Å²) in [6, 6.07) is 7.63.